The average Bonchev–Trinajstić information content (AvgIpc) is 3.45. The van der Waals surface area contributed by atoms with Crippen molar-refractivity contribution in [3.63, 3.8) is 0 Å². The zero-order valence-corrected chi connectivity index (χ0v) is 19.9. The van der Waals surface area contributed by atoms with E-state index in [0.29, 0.717) is 5.56 Å². The van der Waals surface area contributed by atoms with Gasteiger partial charge < -0.3 is 14.7 Å². The molecule has 2 saturated heterocycles. The molecule has 5 atom stereocenters. The molecule has 4 aliphatic rings. The van der Waals surface area contributed by atoms with Crippen LogP contribution in [0, 0.1) is 21.8 Å². The molecule has 2 aromatic carbocycles. The van der Waals surface area contributed by atoms with Gasteiger partial charge in [0, 0.05) is 24.9 Å². The molecule has 10 nitrogen and oxygen atoms in total. The standard InChI is InChI=1S/C24H21FN4O6S/c1-36(34)18-10-14(29(32)33)6-7-15(18)26-23(27-36)20-22(30)19-16-8-9-17(35-16)21(19)28(24(20)31)11-12-2-4-13(25)5-3-12/h2-7,10,16-17,19,21,30H,8-9,11H2,1H3/t16-,17+,19-,21+,36?/m1/s1. The van der Waals surface area contributed by atoms with Crippen molar-refractivity contribution >= 4 is 32.8 Å². The minimum Gasteiger partial charge on any atom is -0.511 e. The third-order valence-electron chi connectivity index (χ3n) is 7.18. The van der Waals surface area contributed by atoms with Crippen LogP contribution in [0.15, 0.2) is 68.0 Å². The van der Waals surface area contributed by atoms with E-state index >= 15 is 0 Å². The number of non-ortho nitro benzene ring substituents is 1. The Kier molecular flexibility index (Phi) is 5.02. The summed E-state index contributed by atoms with van der Waals surface area (Å²) in [5.41, 5.74) is 0.475. The normalized spacial score (nSPS) is 30.6. The van der Waals surface area contributed by atoms with Gasteiger partial charge in [0.15, 0.2) is 5.84 Å². The van der Waals surface area contributed by atoms with Gasteiger partial charge in [-0.05, 0) is 36.6 Å². The molecule has 2 fully saturated rings. The molecule has 1 N–H and O–H groups in total. The Morgan fingerprint density at radius 2 is 1.94 bits per heavy atom. The SMILES string of the molecule is CS1(=O)=NC(C2=C(O)[C@H]3[C@H]([C@@H]4CC[C@H]3O4)N(Cc3ccc(F)cc3)C2=O)=Nc2ccc([N+](=O)[O-])cc21. The molecular formula is C24H21FN4O6S. The quantitative estimate of drug-likeness (QED) is 0.491. The van der Waals surface area contributed by atoms with Gasteiger partial charge in [-0.1, -0.05) is 12.1 Å². The van der Waals surface area contributed by atoms with Crippen molar-refractivity contribution < 1.29 is 28.2 Å². The van der Waals surface area contributed by atoms with E-state index in [0.717, 1.165) is 12.8 Å². The lowest BCUT2D eigenvalue weighted by molar-refractivity contribution is -0.385. The highest BCUT2D eigenvalue weighted by Gasteiger charge is 2.58. The molecule has 0 radical (unpaired) electrons. The second-order valence-corrected chi connectivity index (χ2v) is 11.6. The maximum atomic E-state index is 13.8. The number of rotatable bonds is 4. The van der Waals surface area contributed by atoms with Crippen LogP contribution >= 0.6 is 0 Å². The van der Waals surface area contributed by atoms with Crippen molar-refractivity contribution in [1.29, 1.82) is 0 Å². The predicted octanol–water partition coefficient (Wildman–Crippen LogP) is 3.63. The number of aliphatic imine (C=N–C) groups is 1. The summed E-state index contributed by atoms with van der Waals surface area (Å²) in [5, 5.41) is 22.5. The number of fused-ring (bicyclic) bond motifs is 6. The molecule has 2 aromatic rings. The van der Waals surface area contributed by atoms with Crippen LogP contribution in [0.3, 0.4) is 0 Å². The number of benzene rings is 2. The van der Waals surface area contributed by atoms with Crippen molar-refractivity contribution in [2.24, 2.45) is 15.3 Å². The fourth-order valence-electron chi connectivity index (χ4n) is 5.58. The molecule has 1 unspecified atom stereocenters. The van der Waals surface area contributed by atoms with Crippen LogP contribution < -0.4 is 0 Å². The predicted molar refractivity (Wildman–Crippen MR) is 127 cm³/mol. The van der Waals surface area contributed by atoms with Gasteiger partial charge in [-0.3, -0.25) is 14.9 Å². The number of amides is 1. The van der Waals surface area contributed by atoms with Crippen LogP contribution in [0.2, 0.25) is 0 Å². The molecular weight excluding hydrogens is 491 g/mol. The Morgan fingerprint density at radius 3 is 2.67 bits per heavy atom. The molecule has 4 heterocycles. The third-order valence-corrected chi connectivity index (χ3v) is 8.84. The zero-order chi connectivity index (χ0) is 25.4. The Hall–Kier alpha value is -3.64. The third kappa shape index (κ3) is 3.43. The van der Waals surface area contributed by atoms with E-state index in [1.54, 1.807) is 17.0 Å². The summed E-state index contributed by atoms with van der Waals surface area (Å²) in [6.07, 6.45) is 2.26. The van der Waals surface area contributed by atoms with E-state index in [-0.39, 0.29) is 52.2 Å². The molecule has 4 aliphatic heterocycles. The smallest absolute Gasteiger partial charge is 0.270 e. The Bertz CT molecular complexity index is 1510. The molecule has 0 saturated carbocycles. The van der Waals surface area contributed by atoms with E-state index in [1.165, 1.54) is 36.6 Å². The number of nitro benzene ring substituents is 1. The van der Waals surface area contributed by atoms with Gasteiger partial charge in [0.25, 0.3) is 11.6 Å². The van der Waals surface area contributed by atoms with E-state index in [4.69, 9.17) is 4.74 Å². The van der Waals surface area contributed by atoms with Crippen LogP contribution in [0.1, 0.15) is 18.4 Å². The summed E-state index contributed by atoms with van der Waals surface area (Å²) in [6.45, 7) is 0.154. The van der Waals surface area contributed by atoms with Crippen LogP contribution in [0.5, 0.6) is 0 Å². The number of hydrogen-bond acceptors (Lipinski definition) is 8. The van der Waals surface area contributed by atoms with Gasteiger partial charge in [-0.2, -0.15) is 4.36 Å². The summed E-state index contributed by atoms with van der Waals surface area (Å²) in [6, 6.07) is 9.16. The average molecular weight is 513 g/mol. The lowest BCUT2D eigenvalue weighted by atomic mass is 9.78. The number of amidine groups is 1. The second-order valence-electron chi connectivity index (χ2n) is 9.36. The summed E-state index contributed by atoms with van der Waals surface area (Å²) < 4.78 is 37.2. The van der Waals surface area contributed by atoms with Crippen molar-refractivity contribution in [1.82, 2.24) is 4.90 Å². The second kappa shape index (κ2) is 7.93. The molecule has 0 spiro atoms. The zero-order valence-electron chi connectivity index (χ0n) is 19.0. The first kappa shape index (κ1) is 22.8. The number of halogens is 1. The monoisotopic (exact) mass is 512 g/mol. The summed E-state index contributed by atoms with van der Waals surface area (Å²) in [5.74, 6) is -1.82. The number of nitro groups is 1. The number of nitrogens with zero attached hydrogens (tertiary/aromatic N) is 4. The lowest BCUT2D eigenvalue weighted by Gasteiger charge is -2.41. The van der Waals surface area contributed by atoms with Gasteiger partial charge in [-0.15, -0.1) is 0 Å². The van der Waals surface area contributed by atoms with Gasteiger partial charge in [0.2, 0.25) is 0 Å². The number of aliphatic hydroxyl groups excluding tert-OH is 1. The van der Waals surface area contributed by atoms with Crippen molar-refractivity contribution in [3.8, 4) is 0 Å². The molecule has 0 aliphatic carbocycles. The molecule has 36 heavy (non-hydrogen) atoms. The Labute approximate surface area is 205 Å². The topological polar surface area (TPSA) is 135 Å². The minimum absolute atomic E-state index is 0.0908. The van der Waals surface area contributed by atoms with Crippen molar-refractivity contribution in [2.75, 3.05) is 6.26 Å². The summed E-state index contributed by atoms with van der Waals surface area (Å²) in [7, 11) is -3.21. The first-order valence-electron chi connectivity index (χ1n) is 11.4. The van der Waals surface area contributed by atoms with Crippen LogP contribution in [0.4, 0.5) is 15.8 Å². The number of hydrogen-bond donors (Lipinski definition) is 1. The Balaban J connectivity index is 1.47. The molecule has 186 valence electrons. The maximum absolute atomic E-state index is 13.8. The maximum Gasteiger partial charge on any atom is 0.270 e. The van der Waals surface area contributed by atoms with Crippen molar-refractivity contribution in [2.45, 2.75) is 42.5 Å². The van der Waals surface area contributed by atoms with E-state index in [2.05, 4.69) is 9.36 Å². The number of carbonyl (C=O) groups excluding carboxylic acids is 1. The summed E-state index contributed by atoms with van der Waals surface area (Å²) >= 11 is 0. The summed E-state index contributed by atoms with van der Waals surface area (Å²) in [4.78, 5) is 30.5. The fourth-order valence-corrected chi connectivity index (χ4v) is 6.98. The fraction of sp³-hybridized carbons (Fsp3) is 0.333. The molecule has 2 bridgehead atoms. The van der Waals surface area contributed by atoms with E-state index in [9.17, 15) is 28.6 Å². The van der Waals surface area contributed by atoms with Gasteiger partial charge in [0.1, 0.15) is 17.1 Å². The highest BCUT2D eigenvalue weighted by Crippen LogP contribution is 2.49. The highest BCUT2D eigenvalue weighted by atomic mass is 32.2. The van der Waals surface area contributed by atoms with Crippen LogP contribution in [-0.2, 0) is 25.8 Å². The van der Waals surface area contributed by atoms with Crippen LogP contribution in [0.25, 0.3) is 0 Å². The Morgan fingerprint density at radius 1 is 1.22 bits per heavy atom. The minimum atomic E-state index is -3.21. The molecule has 6 rings (SSSR count). The molecule has 0 aromatic heterocycles. The first-order valence-corrected chi connectivity index (χ1v) is 13.3. The van der Waals surface area contributed by atoms with Crippen molar-refractivity contribution in [3.05, 3.63) is 75.3 Å². The van der Waals surface area contributed by atoms with Gasteiger partial charge in [0.05, 0.1) is 49.4 Å². The van der Waals surface area contributed by atoms with Gasteiger partial charge in [-0.25, -0.2) is 13.6 Å². The molecule has 1 amide bonds. The van der Waals surface area contributed by atoms with Crippen LogP contribution in [-0.4, -0.2) is 55.4 Å². The molecule has 12 heteroatoms. The van der Waals surface area contributed by atoms with E-state index < -0.39 is 38.3 Å². The van der Waals surface area contributed by atoms with E-state index in [1.807, 2.05) is 0 Å². The number of ether oxygens (including phenoxy) is 1. The highest BCUT2D eigenvalue weighted by molar-refractivity contribution is 7.93. The largest absolute Gasteiger partial charge is 0.511 e. The van der Waals surface area contributed by atoms with Gasteiger partial charge >= 0.3 is 0 Å². The number of carbonyl (C=O) groups is 1. The lowest BCUT2D eigenvalue weighted by Crippen LogP contribution is -2.55. The first-order chi connectivity index (χ1) is 17.1. The number of aliphatic hydroxyl groups is 1.